The Kier molecular flexibility index (Phi) is 4.42. The fraction of sp³-hybridized carbons (Fsp3) is 0.600. The van der Waals surface area contributed by atoms with Gasteiger partial charge in [0.05, 0.1) is 0 Å². The molecule has 1 atom stereocenters. The third-order valence-corrected chi connectivity index (χ3v) is 3.41. The fourth-order valence-electron chi connectivity index (χ4n) is 1.47. The molecule has 0 aromatic carbocycles. The van der Waals surface area contributed by atoms with Gasteiger partial charge in [-0.05, 0) is 42.8 Å². The molecular weight excluding hydrogens is 180 g/mol. The molecule has 0 bridgehead atoms. The Morgan fingerprint density at radius 1 is 1.38 bits per heavy atom. The molecule has 0 saturated carbocycles. The molecule has 1 aromatic heterocycles. The van der Waals surface area contributed by atoms with Crippen molar-refractivity contribution in [1.29, 1.82) is 0 Å². The average molecular weight is 198 g/mol. The van der Waals surface area contributed by atoms with Crippen LogP contribution in [-0.2, 0) is 6.42 Å². The number of hydrogen-bond acceptors (Lipinski definition) is 3. The van der Waals surface area contributed by atoms with Crippen molar-refractivity contribution in [3.05, 3.63) is 22.4 Å². The van der Waals surface area contributed by atoms with E-state index in [4.69, 9.17) is 11.5 Å². The summed E-state index contributed by atoms with van der Waals surface area (Å²) in [5.74, 6) is 1.05. The minimum atomic E-state index is 0.460. The zero-order chi connectivity index (χ0) is 9.68. The summed E-state index contributed by atoms with van der Waals surface area (Å²) in [6.45, 7) is 3.62. The van der Waals surface area contributed by atoms with Crippen LogP contribution in [0.25, 0.3) is 0 Å². The Morgan fingerprint density at radius 2 is 2.08 bits per heavy atom. The van der Waals surface area contributed by atoms with Gasteiger partial charge >= 0.3 is 0 Å². The molecule has 1 heterocycles. The van der Waals surface area contributed by atoms with Gasteiger partial charge in [-0.2, -0.15) is 0 Å². The third-order valence-electron chi connectivity index (χ3n) is 2.51. The van der Waals surface area contributed by atoms with Crippen molar-refractivity contribution in [3.8, 4) is 0 Å². The lowest BCUT2D eigenvalue weighted by molar-refractivity contribution is 0.374. The van der Waals surface area contributed by atoms with Crippen LogP contribution < -0.4 is 11.5 Å². The van der Waals surface area contributed by atoms with Crippen molar-refractivity contribution in [2.24, 2.45) is 23.3 Å². The summed E-state index contributed by atoms with van der Waals surface area (Å²) >= 11 is 1.81. The van der Waals surface area contributed by atoms with Gasteiger partial charge in [-0.15, -0.1) is 11.3 Å². The molecule has 1 aromatic rings. The molecule has 0 amide bonds. The summed E-state index contributed by atoms with van der Waals surface area (Å²) in [7, 11) is 0. The van der Waals surface area contributed by atoms with Crippen LogP contribution in [0.15, 0.2) is 17.5 Å². The largest absolute Gasteiger partial charge is 0.330 e. The van der Waals surface area contributed by atoms with E-state index in [2.05, 4.69) is 24.4 Å². The molecule has 0 aliphatic heterocycles. The monoisotopic (exact) mass is 198 g/mol. The summed E-state index contributed by atoms with van der Waals surface area (Å²) < 4.78 is 0. The predicted molar refractivity (Wildman–Crippen MR) is 58.8 cm³/mol. The lowest BCUT2D eigenvalue weighted by Crippen LogP contribution is -2.29. The maximum absolute atomic E-state index is 5.64. The lowest BCUT2D eigenvalue weighted by Gasteiger charge is -2.19. The first-order valence-corrected chi connectivity index (χ1v) is 5.58. The molecule has 13 heavy (non-hydrogen) atoms. The SMILES string of the molecule is CC(Cc1cccs1)C(CN)CN. The van der Waals surface area contributed by atoms with Gasteiger partial charge in [-0.1, -0.05) is 13.0 Å². The van der Waals surface area contributed by atoms with Crippen LogP contribution in [0.1, 0.15) is 11.8 Å². The minimum Gasteiger partial charge on any atom is -0.330 e. The zero-order valence-corrected chi connectivity index (χ0v) is 8.89. The van der Waals surface area contributed by atoms with E-state index >= 15 is 0 Å². The van der Waals surface area contributed by atoms with Crippen LogP contribution in [0.3, 0.4) is 0 Å². The Bertz CT molecular complexity index is 217. The fourth-order valence-corrected chi connectivity index (χ4v) is 2.32. The summed E-state index contributed by atoms with van der Waals surface area (Å²) in [4.78, 5) is 1.43. The molecule has 1 unspecified atom stereocenters. The van der Waals surface area contributed by atoms with E-state index in [0.717, 1.165) is 6.42 Å². The maximum Gasteiger partial charge on any atom is 0.00479 e. The average Bonchev–Trinajstić information content (AvgIpc) is 2.59. The molecule has 3 heteroatoms. The molecular formula is C10H18N2S. The summed E-state index contributed by atoms with van der Waals surface area (Å²) in [6, 6.07) is 4.26. The molecule has 2 nitrogen and oxygen atoms in total. The van der Waals surface area contributed by atoms with Gasteiger partial charge in [0, 0.05) is 4.88 Å². The van der Waals surface area contributed by atoms with Crippen molar-refractivity contribution in [3.63, 3.8) is 0 Å². The zero-order valence-electron chi connectivity index (χ0n) is 8.07. The first-order valence-electron chi connectivity index (χ1n) is 4.70. The Hall–Kier alpha value is -0.380. The van der Waals surface area contributed by atoms with E-state index in [0.29, 0.717) is 24.9 Å². The second kappa shape index (κ2) is 5.37. The second-order valence-electron chi connectivity index (χ2n) is 3.49. The van der Waals surface area contributed by atoms with E-state index in [1.54, 1.807) is 0 Å². The summed E-state index contributed by atoms with van der Waals surface area (Å²) in [5, 5.41) is 2.11. The summed E-state index contributed by atoms with van der Waals surface area (Å²) in [5.41, 5.74) is 11.3. The molecule has 0 spiro atoms. The van der Waals surface area contributed by atoms with E-state index in [9.17, 15) is 0 Å². The van der Waals surface area contributed by atoms with Crippen molar-refractivity contribution < 1.29 is 0 Å². The van der Waals surface area contributed by atoms with E-state index in [1.165, 1.54) is 4.88 Å². The number of thiophene rings is 1. The predicted octanol–water partition coefficient (Wildman–Crippen LogP) is 1.46. The van der Waals surface area contributed by atoms with Crippen molar-refractivity contribution >= 4 is 11.3 Å². The third kappa shape index (κ3) is 3.10. The van der Waals surface area contributed by atoms with E-state index in [1.807, 2.05) is 11.3 Å². The van der Waals surface area contributed by atoms with Gasteiger partial charge in [0.1, 0.15) is 0 Å². The number of rotatable bonds is 5. The molecule has 0 saturated heterocycles. The summed E-state index contributed by atoms with van der Waals surface area (Å²) in [6.07, 6.45) is 1.11. The maximum atomic E-state index is 5.64. The van der Waals surface area contributed by atoms with Crippen LogP contribution in [0.4, 0.5) is 0 Å². The van der Waals surface area contributed by atoms with Gasteiger partial charge in [-0.3, -0.25) is 0 Å². The lowest BCUT2D eigenvalue weighted by atomic mass is 9.91. The van der Waals surface area contributed by atoms with Crippen molar-refractivity contribution in [2.75, 3.05) is 13.1 Å². The second-order valence-corrected chi connectivity index (χ2v) is 4.52. The van der Waals surface area contributed by atoms with Crippen molar-refractivity contribution in [1.82, 2.24) is 0 Å². The highest BCUT2D eigenvalue weighted by Gasteiger charge is 2.14. The molecule has 0 aliphatic rings. The molecule has 0 fully saturated rings. The first kappa shape index (κ1) is 10.7. The van der Waals surface area contributed by atoms with Crippen LogP contribution in [0.5, 0.6) is 0 Å². The normalized spacial score (nSPS) is 13.5. The van der Waals surface area contributed by atoms with Gasteiger partial charge in [-0.25, -0.2) is 0 Å². The molecule has 4 N–H and O–H groups in total. The molecule has 74 valence electrons. The number of nitrogens with two attached hydrogens (primary N) is 2. The minimum absolute atomic E-state index is 0.460. The van der Waals surface area contributed by atoms with Crippen LogP contribution in [0.2, 0.25) is 0 Å². The van der Waals surface area contributed by atoms with E-state index < -0.39 is 0 Å². The highest BCUT2D eigenvalue weighted by Crippen LogP contribution is 2.19. The van der Waals surface area contributed by atoms with Gasteiger partial charge in [0.15, 0.2) is 0 Å². The molecule has 0 radical (unpaired) electrons. The van der Waals surface area contributed by atoms with E-state index in [-0.39, 0.29) is 0 Å². The topological polar surface area (TPSA) is 52.0 Å². The van der Waals surface area contributed by atoms with Crippen LogP contribution in [-0.4, -0.2) is 13.1 Å². The smallest absolute Gasteiger partial charge is 0.00479 e. The van der Waals surface area contributed by atoms with Crippen LogP contribution >= 0.6 is 11.3 Å². The molecule has 0 aliphatic carbocycles. The number of hydrogen-bond donors (Lipinski definition) is 2. The van der Waals surface area contributed by atoms with Gasteiger partial charge in [0.25, 0.3) is 0 Å². The standard InChI is InChI=1S/C10H18N2S/c1-8(9(6-11)7-12)5-10-3-2-4-13-10/h2-4,8-9H,5-7,11-12H2,1H3. The Labute approximate surface area is 83.9 Å². The quantitative estimate of drug-likeness (QED) is 0.752. The first-order chi connectivity index (χ1) is 6.27. The van der Waals surface area contributed by atoms with Crippen LogP contribution in [0, 0.1) is 11.8 Å². The van der Waals surface area contributed by atoms with Gasteiger partial charge in [0.2, 0.25) is 0 Å². The van der Waals surface area contributed by atoms with Gasteiger partial charge < -0.3 is 11.5 Å². The Morgan fingerprint density at radius 3 is 2.54 bits per heavy atom. The highest BCUT2D eigenvalue weighted by molar-refractivity contribution is 7.09. The highest BCUT2D eigenvalue weighted by atomic mass is 32.1. The van der Waals surface area contributed by atoms with Crippen molar-refractivity contribution in [2.45, 2.75) is 13.3 Å². The Balaban J connectivity index is 2.44. The molecule has 1 rings (SSSR count).